The second-order valence-electron chi connectivity index (χ2n) is 16.3. The first-order valence-electron chi connectivity index (χ1n) is 21.6. The van der Waals surface area contributed by atoms with E-state index in [-0.39, 0.29) is 0 Å². The quantitative estimate of drug-likeness (QED) is 0.161. The van der Waals surface area contributed by atoms with Crippen LogP contribution in [0.4, 0.5) is 0 Å². The Labute approximate surface area is 370 Å². The molecule has 0 saturated heterocycles. The van der Waals surface area contributed by atoms with Gasteiger partial charge in [0.25, 0.3) is 0 Å². The molecule has 298 valence electrons. The first-order chi connectivity index (χ1) is 31.7. The standard InChI is InChI=1S/C60H38N4/c61-39-40-23-28-58(63-54-29-24-45(41-14-5-1-6-15-41)35-49(54)50-36-46(25-30-55(50)63)42-16-7-2-8-17-42)53(34-40)60-59(22-13-33-62-60)64-56-31-26-47(43-18-9-3-10-19-43)37-51(56)52-38-48(27-32-57(52)64)44-20-11-4-12-21-44/h1-38H. The van der Waals surface area contributed by atoms with E-state index in [1.54, 1.807) is 0 Å². The average Bonchev–Trinajstić information content (AvgIpc) is 3.88. The Balaban J connectivity index is 1.12. The number of aromatic nitrogens is 3. The molecular weight excluding hydrogens is 777 g/mol. The molecule has 9 aromatic carbocycles. The zero-order valence-corrected chi connectivity index (χ0v) is 34.7. The lowest BCUT2D eigenvalue weighted by Crippen LogP contribution is -2.03. The highest BCUT2D eigenvalue weighted by molar-refractivity contribution is 6.14. The molecule has 0 aliphatic rings. The molecular formula is C60H38N4. The van der Waals surface area contributed by atoms with Crippen molar-refractivity contribution in [2.24, 2.45) is 0 Å². The number of rotatable bonds is 7. The van der Waals surface area contributed by atoms with E-state index < -0.39 is 0 Å². The first-order valence-corrected chi connectivity index (χ1v) is 21.6. The highest BCUT2D eigenvalue weighted by Gasteiger charge is 2.23. The van der Waals surface area contributed by atoms with Gasteiger partial charge in [-0.05, 0) is 123 Å². The summed E-state index contributed by atoms with van der Waals surface area (Å²) in [4.78, 5) is 5.22. The molecule has 0 saturated carbocycles. The van der Waals surface area contributed by atoms with Crippen molar-refractivity contribution in [1.82, 2.24) is 14.1 Å². The largest absolute Gasteiger partial charge is 0.309 e. The fourth-order valence-corrected chi connectivity index (χ4v) is 9.58. The minimum Gasteiger partial charge on any atom is -0.309 e. The van der Waals surface area contributed by atoms with Crippen molar-refractivity contribution in [3.8, 4) is 73.2 Å². The van der Waals surface area contributed by atoms with Crippen LogP contribution in [0, 0.1) is 11.3 Å². The zero-order valence-electron chi connectivity index (χ0n) is 34.7. The Hall–Kier alpha value is -8.78. The van der Waals surface area contributed by atoms with Gasteiger partial charge in [-0.3, -0.25) is 4.98 Å². The van der Waals surface area contributed by atoms with Crippen molar-refractivity contribution < 1.29 is 0 Å². The monoisotopic (exact) mass is 814 g/mol. The molecule has 0 spiro atoms. The molecule has 64 heavy (non-hydrogen) atoms. The zero-order chi connectivity index (χ0) is 42.6. The number of benzene rings is 9. The van der Waals surface area contributed by atoms with Crippen molar-refractivity contribution in [3.05, 3.63) is 236 Å². The topological polar surface area (TPSA) is 46.5 Å². The summed E-state index contributed by atoms with van der Waals surface area (Å²) >= 11 is 0. The molecule has 3 aromatic heterocycles. The van der Waals surface area contributed by atoms with Crippen molar-refractivity contribution in [1.29, 1.82) is 5.26 Å². The summed E-state index contributed by atoms with van der Waals surface area (Å²) in [6, 6.07) is 82.0. The lowest BCUT2D eigenvalue weighted by Gasteiger charge is -2.18. The van der Waals surface area contributed by atoms with Crippen molar-refractivity contribution in [2.75, 3.05) is 0 Å². The summed E-state index contributed by atoms with van der Waals surface area (Å²) in [5, 5.41) is 15.1. The summed E-state index contributed by atoms with van der Waals surface area (Å²) in [6.45, 7) is 0. The predicted molar refractivity (Wildman–Crippen MR) is 265 cm³/mol. The van der Waals surface area contributed by atoms with Crippen LogP contribution in [-0.2, 0) is 0 Å². The van der Waals surface area contributed by atoms with E-state index in [0.29, 0.717) is 5.56 Å². The fourth-order valence-electron chi connectivity index (χ4n) is 9.58. The van der Waals surface area contributed by atoms with E-state index in [1.165, 1.54) is 22.3 Å². The van der Waals surface area contributed by atoms with Gasteiger partial charge in [-0.15, -0.1) is 0 Å². The van der Waals surface area contributed by atoms with E-state index in [0.717, 1.165) is 88.5 Å². The van der Waals surface area contributed by atoms with E-state index in [2.05, 4.69) is 221 Å². The molecule has 4 heteroatoms. The fraction of sp³-hybridized carbons (Fsp3) is 0. The molecule has 0 atom stereocenters. The third-order valence-corrected chi connectivity index (χ3v) is 12.6. The second-order valence-corrected chi connectivity index (χ2v) is 16.3. The highest BCUT2D eigenvalue weighted by atomic mass is 15.0. The van der Waals surface area contributed by atoms with Crippen LogP contribution >= 0.6 is 0 Å². The lowest BCUT2D eigenvalue weighted by atomic mass is 10.0. The van der Waals surface area contributed by atoms with Crippen molar-refractivity contribution >= 4 is 43.6 Å². The molecule has 12 aromatic rings. The third kappa shape index (κ3) is 6.18. The SMILES string of the molecule is N#Cc1ccc(-n2c3ccc(-c4ccccc4)cc3c3cc(-c4ccccc4)ccc32)c(-c2ncccc2-n2c3ccc(-c4ccccc4)cc3c3cc(-c4ccccc4)ccc32)c1. The van der Waals surface area contributed by atoms with Crippen LogP contribution in [-0.4, -0.2) is 14.1 Å². The van der Waals surface area contributed by atoms with E-state index in [9.17, 15) is 5.26 Å². The van der Waals surface area contributed by atoms with Gasteiger partial charge in [0.2, 0.25) is 0 Å². The third-order valence-electron chi connectivity index (χ3n) is 12.6. The maximum atomic E-state index is 10.4. The Bertz CT molecular complexity index is 3570. The number of nitrogens with zero attached hydrogens (tertiary/aromatic N) is 4. The molecule has 0 amide bonds. The smallest absolute Gasteiger partial charge is 0.0991 e. The normalized spacial score (nSPS) is 11.4. The van der Waals surface area contributed by atoms with Crippen LogP contribution in [0.2, 0.25) is 0 Å². The molecule has 3 heterocycles. The number of pyridine rings is 1. The molecule has 0 bridgehead atoms. The number of nitriles is 1. The molecule has 4 nitrogen and oxygen atoms in total. The molecule has 0 radical (unpaired) electrons. The van der Waals surface area contributed by atoms with Gasteiger partial charge in [-0.2, -0.15) is 5.26 Å². The molecule has 0 aliphatic carbocycles. The van der Waals surface area contributed by atoms with Crippen LogP contribution in [0.5, 0.6) is 0 Å². The van der Waals surface area contributed by atoms with Crippen LogP contribution < -0.4 is 0 Å². The molecule has 0 N–H and O–H groups in total. The lowest BCUT2D eigenvalue weighted by molar-refractivity contribution is 1.13. The second kappa shape index (κ2) is 15.3. The summed E-state index contributed by atoms with van der Waals surface area (Å²) in [6.07, 6.45) is 1.86. The van der Waals surface area contributed by atoms with E-state index in [1.807, 2.05) is 24.4 Å². The van der Waals surface area contributed by atoms with Gasteiger partial charge >= 0.3 is 0 Å². The number of hydrogen-bond acceptors (Lipinski definition) is 2. The van der Waals surface area contributed by atoms with Gasteiger partial charge in [0.05, 0.1) is 50.8 Å². The maximum Gasteiger partial charge on any atom is 0.0991 e. The Morgan fingerprint density at radius 3 is 1.08 bits per heavy atom. The van der Waals surface area contributed by atoms with Gasteiger partial charge in [0.1, 0.15) is 0 Å². The van der Waals surface area contributed by atoms with Gasteiger partial charge in [0.15, 0.2) is 0 Å². The Morgan fingerprint density at radius 1 is 0.328 bits per heavy atom. The number of fused-ring (bicyclic) bond motifs is 6. The van der Waals surface area contributed by atoms with Crippen molar-refractivity contribution in [3.63, 3.8) is 0 Å². The van der Waals surface area contributed by atoms with E-state index in [4.69, 9.17) is 4.98 Å². The highest BCUT2D eigenvalue weighted by Crippen LogP contribution is 2.43. The summed E-state index contributed by atoms with van der Waals surface area (Å²) in [7, 11) is 0. The first kappa shape index (κ1) is 37.0. The van der Waals surface area contributed by atoms with Gasteiger partial charge in [0, 0.05) is 33.3 Å². The minimum absolute atomic E-state index is 0.566. The average molecular weight is 815 g/mol. The molecule has 0 unspecified atom stereocenters. The summed E-state index contributed by atoms with van der Waals surface area (Å²) in [5.41, 5.74) is 17.7. The van der Waals surface area contributed by atoms with Gasteiger partial charge < -0.3 is 9.13 Å². The van der Waals surface area contributed by atoms with Gasteiger partial charge in [-0.1, -0.05) is 146 Å². The van der Waals surface area contributed by atoms with Gasteiger partial charge in [-0.25, -0.2) is 0 Å². The Kier molecular flexibility index (Phi) is 8.84. The van der Waals surface area contributed by atoms with Crippen LogP contribution in [0.15, 0.2) is 231 Å². The molecule has 0 fully saturated rings. The van der Waals surface area contributed by atoms with E-state index >= 15 is 0 Å². The Morgan fingerprint density at radius 2 is 0.703 bits per heavy atom. The number of hydrogen-bond donors (Lipinski definition) is 0. The molecule has 0 aliphatic heterocycles. The predicted octanol–water partition coefficient (Wildman–Crippen LogP) is 15.5. The van der Waals surface area contributed by atoms with Crippen LogP contribution in [0.1, 0.15) is 5.56 Å². The minimum atomic E-state index is 0.566. The maximum absolute atomic E-state index is 10.4. The summed E-state index contributed by atoms with van der Waals surface area (Å²) < 4.78 is 4.71. The van der Waals surface area contributed by atoms with Crippen LogP contribution in [0.25, 0.3) is 111 Å². The van der Waals surface area contributed by atoms with Crippen LogP contribution in [0.3, 0.4) is 0 Å². The summed E-state index contributed by atoms with van der Waals surface area (Å²) in [5.74, 6) is 0. The molecule has 12 rings (SSSR count). The van der Waals surface area contributed by atoms with Crippen molar-refractivity contribution in [2.45, 2.75) is 0 Å².